The van der Waals surface area contributed by atoms with Crippen molar-refractivity contribution in [3.05, 3.63) is 11.9 Å². The van der Waals surface area contributed by atoms with Crippen LogP contribution in [-0.2, 0) is 4.74 Å². The quantitative estimate of drug-likeness (QED) is 0.788. The molecule has 1 atom stereocenters. The van der Waals surface area contributed by atoms with E-state index in [0.29, 0.717) is 0 Å². The molecule has 116 valence electrons. The summed E-state index contributed by atoms with van der Waals surface area (Å²) in [4.78, 5) is 15.5. The lowest BCUT2D eigenvalue weighted by molar-refractivity contribution is -0.0571. The van der Waals surface area contributed by atoms with Gasteiger partial charge in [-0.05, 0) is 6.54 Å². The van der Waals surface area contributed by atoms with E-state index >= 15 is 0 Å². The molecule has 0 bridgehead atoms. The van der Waals surface area contributed by atoms with Crippen molar-refractivity contribution >= 4 is 5.97 Å². The van der Waals surface area contributed by atoms with Gasteiger partial charge >= 0.3 is 5.97 Å². The number of rotatable bonds is 5. The van der Waals surface area contributed by atoms with Crippen LogP contribution in [0.2, 0.25) is 0 Å². The summed E-state index contributed by atoms with van der Waals surface area (Å²) < 4.78 is 7.45. The van der Waals surface area contributed by atoms with Gasteiger partial charge in [0.05, 0.1) is 24.9 Å². The number of carboxylic acids is 1. The summed E-state index contributed by atoms with van der Waals surface area (Å²) >= 11 is 0. The molecule has 0 spiro atoms. The van der Waals surface area contributed by atoms with Crippen molar-refractivity contribution in [2.45, 2.75) is 19.1 Å². The first-order chi connectivity index (χ1) is 10.2. The van der Waals surface area contributed by atoms with Crippen LogP contribution in [0.15, 0.2) is 6.20 Å². The minimum atomic E-state index is -1.03. The van der Waals surface area contributed by atoms with Gasteiger partial charge in [-0.2, -0.15) is 0 Å². The van der Waals surface area contributed by atoms with Crippen LogP contribution in [0, 0.1) is 0 Å². The summed E-state index contributed by atoms with van der Waals surface area (Å²) in [7, 11) is 0. The van der Waals surface area contributed by atoms with E-state index in [1.165, 1.54) is 6.20 Å². The molecule has 21 heavy (non-hydrogen) atoms. The third kappa shape index (κ3) is 3.22. The number of nitrogens with zero attached hydrogens (tertiary/aromatic N) is 5. The monoisotopic (exact) mass is 295 g/mol. The number of hydrogen-bond acceptors (Lipinski definition) is 6. The van der Waals surface area contributed by atoms with Crippen LogP contribution in [-0.4, -0.2) is 87.8 Å². The Morgan fingerprint density at radius 2 is 2.24 bits per heavy atom. The zero-order valence-corrected chi connectivity index (χ0v) is 12.2. The highest BCUT2D eigenvalue weighted by atomic mass is 16.5. The summed E-state index contributed by atoms with van der Waals surface area (Å²) in [5.41, 5.74) is 0.00246. The van der Waals surface area contributed by atoms with E-state index in [-0.39, 0.29) is 17.8 Å². The number of morpholine rings is 1. The van der Waals surface area contributed by atoms with Gasteiger partial charge in [0.15, 0.2) is 5.69 Å². The van der Waals surface area contributed by atoms with E-state index in [4.69, 9.17) is 9.84 Å². The van der Waals surface area contributed by atoms with Gasteiger partial charge in [0.2, 0.25) is 0 Å². The van der Waals surface area contributed by atoms with Crippen molar-refractivity contribution in [3.8, 4) is 0 Å². The molecule has 1 N–H and O–H groups in total. The predicted octanol–water partition coefficient (Wildman–Crippen LogP) is -0.446. The summed E-state index contributed by atoms with van der Waals surface area (Å²) in [6.45, 7) is 8.72. The third-order valence-corrected chi connectivity index (χ3v) is 4.17. The van der Waals surface area contributed by atoms with Gasteiger partial charge < -0.3 is 9.84 Å². The first-order valence-electron chi connectivity index (χ1n) is 7.37. The summed E-state index contributed by atoms with van der Waals surface area (Å²) in [5, 5.41) is 16.4. The fourth-order valence-electron chi connectivity index (χ4n) is 2.88. The lowest BCUT2D eigenvalue weighted by Gasteiger charge is -2.42. The lowest BCUT2D eigenvalue weighted by atomic mass is 10.1. The van der Waals surface area contributed by atoms with E-state index in [2.05, 4.69) is 27.0 Å². The molecule has 1 aromatic rings. The predicted molar refractivity (Wildman–Crippen MR) is 74.3 cm³/mol. The smallest absolute Gasteiger partial charge is 0.358 e. The van der Waals surface area contributed by atoms with Crippen LogP contribution in [0.25, 0.3) is 0 Å². The maximum Gasteiger partial charge on any atom is 0.358 e. The molecule has 0 aliphatic carbocycles. The molecular formula is C13H21N5O3. The molecule has 0 saturated carbocycles. The molecular weight excluding hydrogens is 274 g/mol. The van der Waals surface area contributed by atoms with E-state index in [9.17, 15) is 4.79 Å². The van der Waals surface area contributed by atoms with Crippen LogP contribution in [0.5, 0.6) is 0 Å². The minimum absolute atomic E-state index is 0.00246. The van der Waals surface area contributed by atoms with Crippen molar-refractivity contribution in [1.29, 1.82) is 0 Å². The average Bonchev–Trinajstić information content (AvgIpc) is 2.92. The van der Waals surface area contributed by atoms with Gasteiger partial charge in [-0.1, -0.05) is 12.1 Å². The maximum absolute atomic E-state index is 10.8. The molecule has 2 saturated heterocycles. The molecule has 8 heteroatoms. The van der Waals surface area contributed by atoms with Crippen molar-refractivity contribution < 1.29 is 14.6 Å². The van der Waals surface area contributed by atoms with E-state index in [1.807, 2.05) is 0 Å². The number of hydrogen-bond donors (Lipinski definition) is 1. The molecule has 0 radical (unpaired) electrons. The molecule has 8 nitrogen and oxygen atoms in total. The Morgan fingerprint density at radius 3 is 2.90 bits per heavy atom. The molecule has 1 aromatic heterocycles. The first kappa shape index (κ1) is 14.4. The first-order valence-corrected chi connectivity index (χ1v) is 7.37. The highest BCUT2D eigenvalue weighted by Gasteiger charge is 2.32. The van der Waals surface area contributed by atoms with Crippen LogP contribution in [0.1, 0.15) is 23.5 Å². The fourth-order valence-corrected chi connectivity index (χ4v) is 2.88. The largest absolute Gasteiger partial charge is 0.476 e. The van der Waals surface area contributed by atoms with Crippen molar-refractivity contribution in [2.75, 3.05) is 45.9 Å². The van der Waals surface area contributed by atoms with E-state index in [1.54, 1.807) is 4.68 Å². The van der Waals surface area contributed by atoms with Gasteiger partial charge in [-0.15, -0.1) is 5.10 Å². The van der Waals surface area contributed by atoms with Gasteiger partial charge in [0, 0.05) is 32.7 Å². The van der Waals surface area contributed by atoms with E-state index < -0.39 is 5.97 Å². The van der Waals surface area contributed by atoms with Gasteiger partial charge in [-0.3, -0.25) is 9.80 Å². The Labute approximate surface area is 123 Å². The standard InChI is InChI=1S/C13H21N5O3/c1-2-16-3-4-21-11(7-16)8-17-5-10(6-17)18-9-12(13(19)20)14-15-18/h9-11H,2-8H2,1H3,(H,19,20). The van der Waals surface area contributed by atoms with Crippen LogP contribution in [0.4, 0.5) is 0 Å². The number of aromatic nitrogens is 3. The van der Waals surface area contributed by atoms with Crippen LogP contribution >= 0.6 is 0 Å². The second-order valence-electron chi connectivity index (χ2n) is 5.65. The normalized spacial score (nSPS) is 24.9. The second kappa shape index (κ2) is 6.08. The number of aromatic carboxylic acids is 1. The van der Waals surface area contributed by atoms with Crippen LogP contribution in [0.3, 0.4) is 0 Å². The number of likely N-dealkylation sites (N-methyl/N-ethyl adjacent to an activating group) is 1. The number of ether oxygens (including phenoxy) is 1. The fraction of sp³-hybridized carbons (Fsp3) is 0.769. The molecule has 3 heterocycles. The highest BCUT2D eigenvalue weighted by molar-refractivity contribution is 5.84. The lowest BCUT2D eigenvalue weighted by Crippen LogP contribution is -2.54. The average molecular weight is 295 g/mol. The third-order valence-electron chi connectivity index (χ3n) is 4.17. The zero-order valence-electron chi connectivity index (χ0n) is 12.2. The molecule has 1 unspecified atom stereocenters. The molecule has 2 fully saturated rings. The number of carbonyl (C=O) groups is 1. The maximum atomic E-state index is 10.8. The minimum Gasteiger partial charge on any atom is -0.476 e. The Hall–Kier alpha value is -1.51. The summed E-state index contributed by atoms with van der Waals surface area (Å²) in [5.74, 6) is -1.03. The Bertz CT molecular complexity index is 500. The number of carboxylic acid groups (broad SMARTS) is 1. The van der Waals surface area contributed by atoms with Crippen molar-refractivity contribution in [1.82, 2.24) is 24.8 Å². The molecule has 2 aliphatic rings. The Morgan fingerprint density at radius 1 is 1.43 bits per heavy atom. The van der Waals surface area contributed by atoms with Gasteiger partial charge in [0.25, 0.3) is 0 Å². The molecule has 2 aliphatic heterocycles. The van der Waals surface area contributed by atoms with Crippen LogP contribution < -0.4 is 0 Å². The zero-order chi connectivity index (χ0) is 14.8. The Kier molecular flexibility index (Phi) is 4.18. The molecule has 0 amide bonds. The second-order valence-corrected chi connectivity index (χ2v) is 5.65. The molecule has 0 aromatic carbocycles. The topological polar surface area (TPSA) is 83.7 Å². The number of likely N-dealkylation sites (tertiary alicyclic amines) is 1. The van der Waals surface area contributed by atoms with Gasteiger partial charge in [-0.25, -0.2) is 9.48 Å². The van der Waals surface area contributed by atoms with Crippen molar-refractivity contribution in [3.63, 3.8) is 0 Å². The van der Waals surface area contributed by atoms with Gasteiger partial charge in [0.1, 0.15) is 0 Å². The summed E-state index contributed by atoms with van der Waals surface area (Å²) in [6.07, 6.45) is 1.77. The van der Waals surface area contributed by atoms with Crippen molar-refractivity contribution in [2.24, 2.45) is 0 Å². The molecule has 3 rings (SSSR count). The van der Waals surface area contributed by atoms with E-state index in [0.717, 1.165) is 45.9 Å². The summed E-state index contributed by atoms with van der Waals surface area (Å²) in [6, 6.07) is 0.219. The SMILES string of the molecule is CCN1CCOC(CN2CC(n3cc(C(=O)O)nn3)C2)C1. The Balaban J connectivity index is 1.46. The highest BCUT2D eigenvalue weighted by Crippen LogP contribution is 2.21.